The summed E-state index contributed by atoms with van der Waals surface area (Å²) in [4.78, 5) is 5.60. The second-order valence-corrected chi connectivity index (χ2v) is 5.79. The molecule has 0 atom stereocenters. The molecule has 0 bridgehead atoms. The number of aryl methyl sites for hydroxylation is 2. The van der Waals surface area contributed by atoms with E-state index >= 15 is 0 Å². The molecule has 0 saturated carbocycles. The minimum Gasteiger partial charge on any atom is -0.352 e. The van der Waals surface area contributed by atoms with Crippen molar-refractivity contribution in [2.45, 2.75) is 26.9 Å². The van der Waals surface area contributed by atoms with Crippen molar-refractivity contribution in [3.05, 3.63) is 57.3 Å². The largest absolute Gasteiger partial charge is 0.352 e. The van der Waals surface area contributed by atoms with E-state index in [0.717, 1.165) is 19.0 Å². The van der Waals surface area contributed by atoms with Gasteiger partial charge in [-0.15, -0.1) is 11.3 Å². The smallest absolute Gasteiger partial charge is 0.191 e. The van der Waals surface area contributed by atoms with Gasteiger partial charge in [-0.25, -0.2) is 0 Å². The van der Waals surface area contributed by atoms with Crippen molar-refractivity contribution in [2.75, 3.05) is 7.05 Å². The number of hydrogen-bond acceptors (Lipinski definition) is 2. The van der Waals surface area contributed by atoms with Crippen LogP contribution in [-0.4, -0.2) is 13.0 Å². The second kappa shape index (κ2) is 7.10. The average molecular weight is 287 g/mol. The molecule has 0 spiro atoms. The lowest BCUT2D eigenvalue weighted by Gasteiger charge is -2.12. The molecule has 106 valence electrons. The number of rotatable bonds is 4. The molecule has 1 aromatic heterocycles. The fourth-order valence-electron chi connectivity index (χ4n) is 1.86. The summed E-state index contributed by atoms with van der Waals surface area (Å²) in [5, 5.41) is 8.79. The number of thiophene rings is 1. The molecule has 0 aliphatic rings. The van der Waals surface area contributed by atoms with Crippen molar-refractivity contribution in [1.82, 2.24) is 10.6 Å². The highest BCUT2D eigenvalue weighted by Gasteiger charge is 2.02. The Morgan fingerprint density at radius 2 is 1.75 bits per heavy atom. The van der Waals surface area contributed by atoms with Gasteiger partial charge in [-0.2, -0.15) is 0 Å². The van der Waals surface area contributed by atoms with E-state index in [4.69, 9.17) is 0 Å². The van der Waals surface area contributed by atoms with Crippen LogP contribution in [0.1, 0.15) is 21.6 Å². The predicted octanol–water partition coefficient (Wildman–Crippen LogP) is 3.23. The van der Waals surface area contributed by atoms with Gasteiger partial charge in [0.2, 0.25) is 0 Å². The molecule has 0 saturated heterocycles. The number of guanidine groups is 1. The van der Waals surface area contributed by atoms with E-state index in [1.807, 2.05) is 0 Å². The van der Waals surface area contributed by atoms with Gasteiger partial charge >= 0.3 is 0 Å². The van der Waals surface area contributed by atoms with Crippen LogP contribution in [0.3, 0.4) is 0 Å². The van der Waals surface area contributed by atoms with Gasteiger partial charge in [0.25, 0.3) is 0 Å². The predicted molar refractivity (Wildman–Crippen MR) is 87.3 cm³/mol. The van der Waals surface area contributed by atoms with Gasteiger partial charge in [-0.1, -0.05) is 29.8 Å². The Hall–Kier alpha value is -1.81. The first-order valence-corrected chi connectivity index (χ1v) is 7.60. The highest BCUT2D eigenvalue weighted by molar-refractivity contribution is 7.10. The average Bonchev–Trinajstić information content (AvgIpc) is 2.86. The summed E-state index contributed by atoms with van der Waals surface area (Å²) in [7, 11) is 1.80. The van der Waals surface area contributed by atoms with Crippen molar-refractivity contribution >= 4 is 17.3 Å². The maximum absolute atomic E-state index is 4.25. The molecular formula is C16H21N3S. The van der Waals surface area contributed by atoms with E-state index in [1.54, 1.807) is 18.4 Å². The first kappa shape index (κ1) is 14.6. The lowest BCUT2D eigenvalue weighted by Crippen LogP contribution is -2.36. The number of nitrogens with one attached hydrogen (secondary N) is 2. The minimum absolute atomic E-state index is 0.781. The molecule has 0 amide bonds. The van der Waals surface area contributed by atoms with Crippen molar-refractivity contribution in [3.8, 4) is 0 Å². The van der Waals surface area contributed by atoms with Crippen LogP contribution in [0.5, 0.6) is 0 Å². The van der Waals surface area contributed by atoms with Crippen molar-refractivity contribution in [3.63, 3.8) is 0 Å². The topological polar surface area (TPSA) is 36.4 Å². The third-order valence-corrected chi connectivity index (χ3v) is 4.21. The Morgan fingerprint density at radius 1 is 1.05 bits per heavy atom. The molecular weight excluding hydrogens is 266 g/mol. The number of nitrogens with zero attached hydrogens (tertiary/aromatic N) is 1. The Morgan fingerprint density at radius 3 is 2.35 bits per heavy atom. The Labute approximate surface area is 124 Å². The Balaban J connectivity index is 1.84. The zero-order chi connectivity index (χ0) is 14.4. The van der Waals surface area contributed by atoms with Crippen LogP contribution in [0.2, 0.25) is 0 Å². The van der Waals surface area contributed by atoms with Crippen molar-refractivity contribution in [1.29, 1.82) is 0 Å². The van der Waals surface area contributed by atoms with E-state index in [-0.39, 0.29) is 0 Å². The minimum atomic E-state index is 0.781. The molecule has 0 aliphatic carbocycles. The van der Waals surface area contributed by atoms with E-state index < -0.39 is 0 Å². The lowest BCUT2D eigenvalue weighted by atomic mass is 10.1. The van der Waals surface area contributed by atoms with Crippen molar-refractivity contribution in [2.24, 2.45) is 4.99 Å². The number of benzene rings is 1. The SMILES string of the molecule is CN=C(NCc1ccc(C)cc1)NCc1sccc1C. The summed E-state index contributed by atoms with van der Waals surface area (Å²) in [6, 6.07) is 10.7. The standard InChI is InChI=1S/C16H21N3S/c1-12-4-6-14(7-5-12)10-18-16(17-3)19-11-15-13(2)8-9-20-15/h4-9H,10-11H2,1-3H3,(H2,17,18,19). The summed E-state index contributed by atoms with van der Waals surface area (Å²) in [5.41, 5.74) is 3.87. The van der Waals surface area contributed by atoms with Crippen LogP contribution >= 0.6 is 11.3 Å². The van der Waals surface area contributed by atoms with Gasteiger partial charge in [0.05, 0.1) is 6.54 Å². The lowest BCUT2D eigenvalue weighted by molar-refractivity contribution is 0.813. The molecule has 0 fully saturated rings. The van der Waals surface area contributed by atoms with Crippen LogP contribution in [-0.2, 0) is 13.1 Å². The van der Waals surface area contributed by atoms with Crippen LogP contribution in [0.15, 0.2) is 40.7 Å². The Kier molecular flexibility index (Phi) is 5.18. The van der Waals surface area contributed by atoms with Crippen LogP contribution in [0.25, 0.3) is 0 Å². The van der Waals surface area contributed by atoms with E-state index in [0.29, 0.717) is 0 Å². The number of hydrogen-bond donors (Lipinski definition) is 2. The Bertz CT molecular complexity index is 570. The summed E-state index contributed by atoms with van der Waals surface area (Å²) >= 11 is 1.77. The summed E-state index contributed by atoms with van der Waals surface area (Å²) in [5.74, 6) is 0.832. The fraction of sp³-hybridized carbons (Fsp3) is 0.312. The molecule has 2 rings (SSSR count). The zero-order valence-corrected chi connectivity index (χ0v) is 13.1. The third-order valence-electron chi connectivity index (χ3n) is 3.19. The molecule has 20 heavy (non-hydrogen) atoms. The number of aliphatic imine (C=N–C) groups is 1. The van der Waals surface area contributed by atoms with Gasteiger partial charge < -0.3 is 10.6 Å². The first-order chi connectivity index (χ1) is 9.69. The van der Waals surface area contributed by atoms with E-state index in [1.165, 1.54) is 21.6 Å². The molecule has 0 unspecified atom stereocenters. The van der Waals surface area contributed by atoms with Gasteiger partial charge in [0.15, 0.2) is 5.96 Å². The quantitative estimate of drug-likeness (QED) is 0.669. The molecule has 4 heteroatoms. The van der Waals surface area contributed by atoms with Crippen molar-refractivity contribution < 1.29 is 0 Å². The molecule has 0 aliphatic heterocycles. The summed E-state index contributed by atoms with van der Waals surface area (Å²) in [6.45, 7) is 5.83. The van der Waals surface area contributed by atoms with Gasteiger partial charge in [-0.05, 0) is 36.4 Å². The van der Waals surface area contributed by atoms with Crippen LogP contribution in [0.4, 0.5) is 0 Å². The molecule has 1 aromatic carbocycles. The molecule has 2 aromatic rings. The summed E-state index contributed by atoms with van der Waals surface area (Å²) in [6.07, 6.45) is 0. The summed E-state index contributed by atoms with van der Waals surface area (Å²) < 4.78 is 0. The van der Waals surface area contributed by atoms with Gasteiger partial charge in [0, 0.05) is 18.5 Å². The maximum atomic E-state index is 4.25. The highest BCUT2D eigenvalue weighted by atomic mass is 32.1. The first-order valence-electron chi connectivity index (χ1n) is 6.72. The van der Waals surface area contributed by atoms with E-state index in [2.05, 4.69) is 65.2 Å². The zero-order valence-electron chi connectivity index (χ0n) is 12.2. The second-order valence-electron chi connectivity index (χ2n) is 4.79. The van der Waals surface area contributed by atoms with E-state index in [9.17, 15) is 0 Å². The monoisotopic (exact) mass is 287 g/mol. The fourth-order valence-corrected chi connectivity index (χ4v) is 2.71. The molecule has 1 heterocycles. The third kappa shape index (κ3) is 4.10. The van der Waals surface area contributed by atoms with Gasteiger partial charge in [0.1, 0.15) is 0 Å². The molecule has 2 N–H and O–H groups in total. The molecule has 3 nitrogen and oxygen atoms in total. The van der Waals surface area contributed by atoms with Gasteiger partial charge in [-0.3, -0.25) is 4.99 Å². The normalized spacial score (nSPS) is 11.4. The molecule has 0 radical (unpaired) electrons. The van der Waals surface area contributed by atoms with Crippen LogP contribution in [0, 0.1) is 13.8 Å². The highest BCUT2D eigenvalue weighted by Crippen LogP contribution is 2.14. The maximum Gasteiger partial charge on any atom is 0.191 e. The van der Waals surface area contributed by atoms with Crippen LogP contribution < -0.4 is 10.6 Å².